The number of fused-ring (bicyclic) bond motifs is 1. The van der Waals surface area contributed by atoms with Crippen LogP contribution in [-0.2, 0) is 0 Å². The van der Waals surface area contributed by atoms with E-state index >= 15 is 0 Å². The topological polar surface area (TPSA) is 52.5 Å². The minimum absolute atomic E-state index is 0.115. The molecule has 0 bridgehead atoms. The van der Waals surface area contributed by atoms with Gasteiger partial charge in [-0.1, -0.05) is 36.4 Å². The van der Waals surface area contributed by atoms with E-state index in [0.29, 0.717) is 6.04 Å². The smallest absolute Gasteiger partial charge is 0.225 e. The van der Waals surface area contributed by atoms with E-state index in [9.17, 15) is 5.11 Å². The fourth-order valence-corrected chi connectivity index (χ4v) is 4.48. The van der Waals surface area contributed by atoms with Gasteiger partial charge in [-0.05, 0) is 42.2 Å². The summed E-state index contributed by atoms with van der Waals surface area (Å²) in [5, 5.41) is 12.2. The molecule has 0 unspecified atom stereocenters. The van der Waals surface area contributed by atoms with E-state index in [1.165, 1.54) is 10.8 Å². The molecule has 2 aromatic carbocycles. The third-order valence-corrected chi connectivity index (χ3v) is 6.15. The van der Waals surface area contributed by atoms with Crippen LogP contribution in [0, 0.1) is 0 Å². The van der Waals surface area contributed by atoms with Crippen LogP contribution in [0.2, 0.25) is 0 Å². The number of piperidine rings is 1. The van der Waals surface area contributed by atoms with E-state index in [1.807, 2.05) is 12.3 Å². The number of likely N-dealkylation sites (tertiary alicyclic amines) is 1. The van der Waals surface area contributed by atoms with Crippen molar-refractivity contribution in [3.63, 3.8) is 0 Å². The van der Waals surface area contributed by atoms with Gasteiger partial charge in [-0.25, -0.2) is 9.97 Å². The van der Waals surface area contributed by atoms with Crippen molar-refractivity contribution in [3.05, 3.63) is 54.7 Å². The van der Waals surface area contributed by atoms with E-state index in [-0.39, 0.29) is 6.10 Å². The SMILES string of the molecule is OC1CCN([C@H]2CCN(c3nccc(-c4ccc5ccccc5c4)n3)C2)CC1. The Morgan fingerprint density at radius 2 is 1.71 bits per heavy atom. The molecule has 1 N–H and O–H groups in total. The first-order chi connectivity index (χ1) is 13.8. The highest BCUT2D eigenvalue weighted by molar-refractivity contribution is 5.86. The Morgan fingerprint density at radius 1 is 0.893 bits per heavy atom. The third kappa shape index (κ3) is 3.48. The normalized spacial score (nSPS) is 21.5. The summed E-state index contributed by atoms with van der Waals surface area (Å²) in [6.45, 7) is 3.96. The molecule has 0 saturated carbocycles. The lowest BCUT2D eigenvalue weighted by molar-refractivity contribution is 0.0653. The molecular weight excluding hydrogens is 348 g/mol. The molecule has 2 fully saturated rings. The van der Waals surface area contributed by atoms with E-state index in [2.05, 4.69) is 57.2 Å². The van der Waals surface area contributed by atoms with Crippen molar-refractivity contribution in [2.75, 3.05) is 31.1 Å². The molecule has 144 valence electrons. The highest BCUT2D eigenvalue weighted by Gasteiger charge is 2.31. The molecule has 2 aliphatic heterocycles. The maximum atomic E-state index is 9.75. The van der Waals surface area contributed by atoms with Crippen molar-refractivity contribution in [2.24, 2.45) is 0 Å². The lowest BCUT2D eigenvalue weighted by Crippen LogP contribution is -2.44. The number of benzene rings is 2. The van der Waals surface area contributed by atoms with E-state index in [0.717, 1.165) is 62.6 Å². The van der Waals surface area contributed by atoms with Crippen LogP contribution < -0.4 is 4.90 Å². The highest BCUT2D eigenvalue weighted by Crippen LogP contribution is 2.26. The van der Waals surface area contributed by atoms with Gasteiger partial charge in [0.25, 0.3) is 0 Å². The molecule has 0 amide bonds. The molecule has 2 aliphatic rings. The minimum atomic E-state index is -0.115. The molecule has 0 radical (unpaired) electrons. The second kappa shape index (κ2) is 7.49. The van der Waals surface area contributed by atoms with Crippen LogP contribution in [-0.4, -0.2) is 58.3 Å². The average molecular weight is 374 g/mol. The van der Waals surface area contributed by atoms with Crippen LogP contribution in [0.1, 0.15) is 19.3 Å². The van der Waals surface area contributed by atoms with Crippen LogP contribution in [0.5, 0.6) is 0 Å². The summed E-state index contributed by atoms with van der Waals surface area (Å²) in [7, 11) is 0. The maximum absolute atomic E-state index is 9.75. The summed E-state index contributed by atoms with van der Waals surface area (Å²) in [6.07, 6.45) is 4.68. The largest absolute Gasteiger partial charge is 0.393 e. The van der Waals surface area contributed by atoms with Crippen LogP contribution in [0.15, 0.2) is 54.7 Å². The summed E-state index contributed by atoms with van der Waals surface area (Å²) in [4.78, 5) is 14.3. The average Bonchev–Trinajstić information content (AvgIpc) is 3.24. The second-order valence-electron chi connectivity index (χ2n) is 7.96. The van der Waals surface area contributed by atoms with Gasteiger partial charge in [-0.3, -0.25) is 4.90 Å². The summed E-state index contributed by atoms with van der Waals surface area (Å²) in [6, 6.07) is 17.4. The van der Waals surface area contributed by atoms with E-state index in [1.54, 1.807) is 0 Å². The molecule has 1 atom stereocenters. The Kier molecular flexibility index (Phi) is 4.71. The number of anilines is 1. The summed E-state index contributed by atoms with van der Waals surface area (Å²) in [5.41, 5.74) is 2.10. The fraction of sp³-hybridized carbons (Fsp3) is 0.391. The van der Waals surface area contributed by atoms with Crippen LogP contribution >= 0.6 is 0 Å². The minimum Gasteiger partial charge on any atom is -0.393 e. The molecule has 0 spiro atoms. The van der Waals surface area contributed by atoms with Crippen molar-refractivity contribution < 1.29 is 5.11 Å². The van der Waals surface area contributed by atoms with Crippen molar-refractivity contribution in [1.82, 2.24) is 14.9 Å². The number of aliphatic hydroxyl groups excluding tert-OH is 1. The number of rotatable bonds is 3. The molecular formula is C23H26N4O. The zero-order chi connectivity index (χ0) is 18.9. The van der Waals surface area contributed by atoms with Crippen molar-refractivity contribution in [2.45, 2.75) is 31.4 Å². The molecule has 28 heavy (non-hydrogen) atoms. The first-order valence-corrected chi connectivity index (χ1v) is 10.3. The Bertz CT molecular complexity index is 967. The summed E-state index contributed by atoms with van der Waals surface area (Å²) in [5.74, 6) is 0.824. The van der Waals surface area contributed by atoms with Gasteiger partial charge in [0.05, 0.1) is 11.8 Å². The Morgan fingerprint density at radius 3 is 2.57 bits per heavy atom. The van der Waals surface area contributed by atoms with Gasteiger partial charge in [0.2, 0.25) is 5.95 Å². The van der Waals surface area contributed by atoms with Crippen LogP contribution in [0.3, 0.4) is 0 Å². The summed E-state index contributed by atoms with van der Waals surface area (Å²) < 4.78 is 0. The number of nitrogens with zero attached hydrogens (tertiary/aromatic N) is 4. The standard InChI is InChI=1S/C23H26N4O/c28-21-9-13-26(14-10-21)20-8-12-27(16-20)23-24-11-7-22(25-23)19-6-5-17-3-1-2-4-18(17)15-19/h1-7,11,15,20-21,28H,8-10,12-14,16H2/t20-/m0/s1. The number of hydrogen-bond donors (Lipinski definition) is 1. The van der Waals surface area contributed by atoms with Gasteiger partial charge < -0.3 is 10.0 Å². The molecule has 5 rings (SSSR count). The third-order valence-electron chi connectivity index (χ3n) is 6.15. The zero-order valence-electron chi connectivity index (χ0n) is 16.0. The first-order valence-electron chi connectivity index (χ1n) is 10.3. The second-order valence-corrected chi connectivity index (χ2v) is 7.96. The number of aromatic nitrogens is 2. The van der Waals surface area contributed by atoms with Crippen LogP contribution in [0.25, 0.3) is 22.0 Å². The van der Waals surface area contributed by atoms with Crippen molar-refractivity contribution >= 4 is 16.7 Å². The molecule has 3 aromatic rings. The van der Waals surface area contributed by atoms with Crippen molar-refractivity contribution in [3.8, 4) is 11.3 Å². The molecule has 5 heteroatoms. The van der Waals surface area contributed by atoms with Gasteiger partial charge in [0, 0.05) is 44.0 Å². The van der Waals surface area contributed by atoms with E-state index < -0.39 is 0 Å². The maximum Gasteiger partial charge on any atom is 0.225 e. The molecule has 3 heterocycles. The zero-order valence-corrected chi connectivity index (χ0v) is 16.0. The Hall–Kier alpha value is -2.50. The predicted molar refractivity (Wildman–Crippen MR) is 112 cm³/mol. The van der Waals surface area contributed by atoms with Gasteiger partial charge in [-0.15, -0.1) is 0 Å². The number of aliphatic hydroxyl groups is 1. The van der Waals surface area contributed by atoms with Gasteiger partial charge >= 0.3 is 0 Å². The van der Waals surface area contributed by atoms with Gasteiger partial charge in [0.15, 0.2) is 0 Å². The Balaban J connectivity index is 1.34. The lowest BCUT2D eigenvalue weighted by Gasteiger charge is -2.34. The highest BCUT2D eigenvalue weighted by atomic mass is 16.3. The monoisotopic (exact) mass is 374 g/mol. The molecule has 0 aliphatic carbocycles. The van der Waals surface area contributed by atoms with Crippen molar-refractivity contribution in [1.29, 1.82) is 0 Å². The summed E-state index contributed by atoms with van der Waals surface area (Å²) >= 11 is 0. The van der Waals surface area contributed by atoms with E-state index in [4.69, 9.17) is 4.98 Å². The molecule has 2 saturated heterocycles. The Labute approximate surface area is 165 Å². The lowest BCUT2D eigenvalue weighted by atomic mass is 10.1. The quantitative estimate of drug-likeness (QED) is 0.762. The van der Waals surface area contributed by atoms with Gasteiger partial charge in [-0.2, -0.15) is 0 Å². The molecule has 5 nitrogen and oxygen atoms in total. The first kappa shape index (κ1) is 17.6. The predicted octanol–water partition coefficient (Wildman–Crippen LogP) is 3.33. The van der Waals surface area contributed by atoms with Crippen LogP contribution in [0.4, 0.5) is 5.95 Å². The van der Waals surface area contributed by atoms with Gasteiger partial charge in [0.1, 0.15) is 0 Å². The fourth-order valence-electron chi connectivity index (χ4n) is 4.48. The molecule has 1 aromatic heterocycles. The number of hydrogen-bond acceptors (Lipinski definition) is 5.